The maximum absolute atomic E-state index is 12.0. The van der Waals surface area contributed by atoms with Crippen molar-refractivity contribution < 1.29 is 4.79 Å². The van der Waals surface area contributed by atoms with E-state index in [9.17, 15) is 4.79 Å². The van der Waals surface area contributed by atoms with Gasteiger partial charge in [0.15, 0.2) is 0 Å². The molecule has 0 aromatic carbocycles. The van der Waals surface area contributed by atoms with Crippen molar-refractivity contribution in [2.45, 2.75) is 13.3 Å². The van der Waals surface area contributed by atoms with Gasteiger partial charge in [0.2, 0.25) is 5.78 Å². The molecular formula is C9H7ClN2OS2. The standard InChI is InChI=1S/C9H7ClN2OS2/c1-2-5-9(15-12-11-5)8(13)6-3-4-7(10)14-6/h3-4H,2H2,1H3. The Balaban J connectivity index is 2.36. The molecule has 0 saturated carbocycles. The second-order valence-corrected chi connectivity index (χ2v) is 5.30. The number of aromatic nitrogens is 2. The molecule has 0 radical (unpaired) electrons. The summed E-state index contributed by atoms with van der Waals surface area (Å²) >= 11 is 8.20. The Morgan fingerprint density at radius 3 is 2.93 bits per heavy atom. The average Bonchev–Trinajstić information content (AvgIpc) is 2.84. The van der Waals surface area contributed by atoms with Crippen molar-refractivity contribution in [2.75, 3.05) is 0 Å². The van der Waals surface area contributed by atoms with Crippen LogP contribution < -0.4 is 0 Å². The number of hydrogen-bond donors (Lipinski definition) is 0. The molecule has 2 aromatic heterocycles. The lowest BCUT2D eigenvalue weighted by atomic mass is 10.2. The van der Waals surface area contributed by atoms with Crippen LogP contribution in [0.3, 0.4) is 0 Å². The lowest BCUT2D eigenvalue weighted by Crippen LogP contribution is -1.99. The van der Waals surface area contributed by atoms with Crippen molar-refractivity contribution in [2.24, 2.45) is 0 Å². The Labute approximate surface area is 99.9 Å². The molecule has 0 N–H and O–H groups in total. The Hall–Kier alpha value is -0.780. The number of carbonyl (C=O) groups is 1. The maximum Gasteiger partial charge on any atom is 0.216 e. The number of halogens is 1. The molecule has 0 unspecified atom stereocenters. The Kier molecular flexibility index (Phi) is 3.14. The monoisotopic (exact) mass is 258 g/mol. The lowest BCUT2D eigenvalue weighted by Gasteiger charge is -1.94. The molecule has 0 aliphatic rings. The van der Waals surface area contributed by atoms with Gasteiger partial charge in [-0.05, 0) is 30.1 Å². The van der Waals surface area contributed by atoms with Crippen molar-refractivity contribution in [1.29, 1.82) is 0 Å². The number of carbonyl (C=O) groups excluding carboxylic acids is 1. The van der Waals surface area contributed by atoms with Gasteiger partial charge < -0.3 is 0 Å². The highest BCUT2D eigenvalue weighted by atomic mass is 35.5. The largest absolute Gasteiger partial charge is 0.287 e. The van der Waals surface area contributed by atoms with Crippen molar-refractivity contribution in [1.82, 2.24) is 9.59 Å². The molecule has 0 spiro atoms. The summed E-state index contributed by atoms with van der Waals surface area (Å²) in [5.41, 5.74) is 0.759. The van der Waals surface area contributed by atoms with Gasteiger partial charge in [0, 0.05) is 0 Å². The minimum atomic E-state index is -0.0289. The smallest absolute Gasteiger partial charge is 0.216 e. The minimum absolute atomic E-state index is 0.0289. The fourth-order valence-corrected chi connectivity index (χ4v) is 2.92. The number of rotatable bonds is 3. The maximum atomic E-state index is 12.0. The Bertz CT molecular complexity index is 492. The van der Waals surface area contributed by atoms with Crippen molar-refractivity contribution in [3.8, 4) is 0 Å². The summed E-state index contributed by atoms with van der Waals surface area (Å²) in [6.45, 7) is 1.95. The van der Waals surface area contributed by atoms with Gasteiger partial charge in [0.05, 0.1) is 14.9 Å². The van der Waals surface area contributed by atoms with E-state index < -0.39 is 0 Å². The fraction of sp³-hybridized carbons (Fsp3) is 0.222. The molecule has 0 saturated heterocycles. The molecule has 0 atom stereocenters. The summed E-state index contributed by atoms with van der Waals surface area (Å²) in [7, 11) is 0. The van der Waals surface area contributed by atoms with Gasteiger partial charge >= 0.3 is 0 Å². The van der Waals surface area contributed by atoms with Gasteiger partial charge in [0.25, 0.3) is 0 Å². The zero-order valence-corrected chi connectivity index (χ0v) is 10.2. The number of thiophene rings is 1. The summed E-state index contributed by atoms with van der Waals surface area (Å²) in [4.78, 5) is 13.2. The lowest BCUT2D eigenvalue weighted by molar-refractivity contribution is 0.104. The van der Waals surface area contributed by atoms with Gasteiger partial charge in [-0.15, -0.1) is 16.4 Å². The number of ketones is 1. The molecule has 2 aromatic rings. The highest BCUT2D eigenvalue weighted by Crippen LogP contribution is 2.25. The zero-order chi connectivity index (χ0) is 10.8. The predicted molar refractivity (Wildman–Crippen MR) is 62.0 cm³/mol. The average molecular weight is 259 g/mol. The SMILES string of the molecule is CCc1nnsc1C(=O)c1ccc(Cl)s1. The molecule has 78 valence electrons. The molecular weight excluding hydrogens is 252 g/mol. The third-order valence-corrected chi connectivity index (χ3v) is 3.89. The molecule has 0 bridgehead atoms. The van der Waals surface area contributed by atoms with E-state index in [-0.39, 0.29) is 5.78 Å². The first-order valence-corrected chi connectivity index (χ1v) is 6.30. The van der Waals surface area contributed by atoms with Crippen molar-refractivity contribution in [3.63, 3.8) is 0 Å². The highest BCUT2D eigenvalue weighted by Gasteiger charge is 2.18. The van der Waals surface area contributed by atoms with Crippen LogP contribution in [0.25, 0.3) is 0 Å². The van der Waals surface area contributed by atoms with Crippen LogP contribution in [0.4, 0.5) is 0 Å². The molecule has 15 heavy (non-hydrogen) atoms. The van der Waals surface area contributed by atoms with Crippen LogP contribution in [-0.4, -0.2) is 15.4 Å². The van der Waals surface area contributed by atoms with Crippen LogP contribution in [0.1, 0.15) is 27.2 Å². The van der Waals surface area contributed by atoms with Crippen LogP contribution in [0, 0.1) is 0 Å². The van der Waals surface area contributed by atoms with E-state index in [1.807, 2.05) is 6.92 Å². The quantitative estimate of drug-likeness (QED) is 0.795. The zero-order valence-electron chi connectivity index (χ0n) is 7.86. The molecule has 2 rings (SSSR count). The van der Waals surface area contributed by atoms with E-state index in [0.29, 0.717) is 14.1 Å². The molecule has 0 aliphatic carbocycles. The van der Waals surface area contributed by atoms with E-state index in [4.69, 9.17) is 11.6 Å². The van der Waals surface area contributed by atoms with Crippen LogP contribution in [0.2, 0.25) is 4.34 Å². The molecule has 3 nitrogen and oxygen atoms in total. The molecule has 0 amide bonds. The van der Waals surface area contributed by atoms with Gasteiger partial charge in [-0.1, -0.05) is 23.0 Å². The first kappa shape index (κ1) is 10.7. The van der Waals surface area contributed by atoms with Gasteiger partial charge in [-0.2, -0.15) is 0 Å². The second-order valence-electron chi connectivity index (χ2n) is 2.84. The molecule has 6 heteroatoms. The number of nitrogens with zero attached hydrogens (tertiary/aromatic N) is 2. The van der Waals surface area contributed by atoms with Crippen LogP contribution in [0.15, 0.2) is 12.1 Å². The summed E-state index contributed by atoms with van der Waals surface area (Å²) in [5.74, 6) is -0.0289. The molecule has 0 aliphatic heterocycles. The summed E-state index contributed by atoms with van der Waals surface area (Å²) in [6.07, 6.45) is 0.719. The van der Waals surface area contributed by atoms with Crippen LogP contribution >= 0.6 is 34.5 Å². The number of hydrogen-bond acceptors (Lipinski definition) is 5. The van der Waals surface area contributed by atoms with Crippen LogP contribution in [0.5, 0.6) is 0 Å². The van der Waals surface area contributed by atoms with E-state index >= 15 is 0 Å². The Morgan fingerprint density at radius 1 is 1.53 bits per heavy atom. The summed E-state index contributed by atoms with van der Waals surface area (Å²) < 4.78 is 4.41. The third-order valence-electron chi connectivity index (χ3n) is 1.89. The molecule has 2 heterocycles. The van der Waals surface area contributed by atoms with Crippen LogP contribution in [-0.2, 0) is 6.42 Å². The van der Waals surface area contributed by atoms with Gasteiger partial charge in [-0.25, -0.2) is 0 Å². The minimum Gasteiger partial charge on any atom is -0.287 e. The topological polar surface area (TPSA) is 42.9 Å². The van der Waals surface area contributed by atoms with E-state index in [0.717, 1.165) is 23.6 Å². The van der Waals surface area contributed by atoms with E-state index in [1.165, 1.54) is 11.3 Å². The summed E-state index contributed by atoms with van der Waals surface area (Å²) in [6, 6.07) is 3.45. The van der Waals surface area contributed by atoms with Gasteiger partial charge in [0.1, 0.15) is 4.88 Å². The fourth-order valence-electron chi connectivity index (χ4n) is 1.16. The Morgan fingerprint density at radius 2 is 2.33 bits per heavy atom. The molecule has 0 fully saturated rings. The summed E-state index contributed by atoms with van der Waals surface area (Å²) in [5, 5.41) is 3.91. The van der Waals surface area contributed by atoms with E-state index in [1.54, 1.807) is 12.1 Å². The normalized spacial score (nSPS) is 10.5. The van der Waals surface area contributed by atoms with Gasteiger partial charge in [-0.3, -0.25) is 4.79 Å². The third kappa shape index (κ3) is 2.09. The predicted octanol–water partition coefficient (Wildman–Crippen LogP) is 3.05. The second kappa shape index (κ2) is 4.38. The first-order chi connectivity index (χ1) is 7.22. The highest BCUT2D eigenvalue weighted by molar-refractivity contribution is 7.19. The van der Waals surface area contributed by atoms with Crippen molar-refractivity contribution >= 4 is 40.3 Å². The number of aryl methyl sites for hydroxylation is 1. The first-order valence-electron chi connectivity index (χ1n) is 4.33. The van der Waals surface area contributed by atoms with Crippen molar-refractivity contribution in [3.05, 3.63) is 31.9 Å². The van der Waals surface area contributed by atoms with E-state index in [2.05, 4.69) is 9.59 Å².